The van der Waals surface area contributed by atoms with Crippen LogP contribution < -0.4 is 4.74 Å². The number of ether oxygens (including phenoxy) is 1. The van der Waals surface area contributed by atoms with Crippen molar-refractivity contribution in [3.05, 3.63) is 62.6 Å². The maximum atomic E-state index is 12.8. The van der Waals surface area contributed by atoms with Crippen molar-refractivity contribution in [3.8, 4) is 5.75 Å². The highest BCUT2D eigenvalue weighted by molar-refractivity contribution is 9.10. The number of rotatable bonds is 3. The lowest BCUT2D eigenvalue weighted by atomic mass is 9.94. The third-order valence-electron chi connectivity index (χ3n) is 3.40. The number of methoxy groups -OCH3 is 1. The molecule has 2 nitrogen and oxygen atoms in total. The summed E-state index contributed by atoms with van der Waals surface area (Å²) in [5, 5.41) is 0. The molecule has 104 valence electrons. The molecule has 0 unspecified atom stereocenters. The van der Waals surface area contributed by atoms with Gasteiger partial charge in [-0.05, 0) is 49.6 Å². The Kier molecular flexibility index (Phi) is 4.29. The number of carbonyl (C=O) groups is 1. The topological polar surface area (TPSA) is 26.3 Å². The summed E-state index contributed by atoms with van der Waals surface area (Å²) in [5.74, 6) is 0.630. The number of ketones is 1. The van der Waals surface area contributed by atoms with E-state index >= 15 is 0 Å². The van der Waals surface area contributed by atoms with E-state index in [1.807, 2.05) is 51.1 Å². The summed E-state index contributed by atoms with van der Waals surface area (Å²) < 4.78 is 6.32. The van der Waals surface area contributed by atoms with Crippen LogP contribution in [0.25, 0.3) is 0 Å². The average molecular weight is 333 g/mol. The van der Waals surface area contributed by atoms with E-state index < -0.39 is 0 Å². The Hall–Kier alpha value is -1.61. The highest BCUT2D eigenvalue weighted by atomic mass is 79.9. The summed E-state index contributed by atoms with van der Waals surface area (Å²) >= 11 is 3.47. The van der Waals surface area contributed by atoms with Gasteiger partial charge >= 0.3 is 0 Å². The second-order valence-electron chi connectivity index (χ2n) is 4.90. The van der Waals surface area contributed by atoms with Crippen molar-refractivity contribution >= 4 is 21.7 Å². The van der Waals surface area contributed by atoms with Crippen molar-refractivity contribution in [2.75, 3.05) is 7.11 Å². The first-order valence-corrected chi connectivity index (χ1v) is 7.20. The van der Waals surface area contributed by atoms with Crippen LogP contribution in [-0.4, -0.2) is 12.9 Å². The number of hydrogen-bond donors (Lipinski definition) is 0. The molecule has 0 aliphatic carbocycles. The lowest BCUT2D eigenvalue weighted by Gasteiger charge is -2.14. The van der Waals surface area contributed by atoms with Gasteiger partial charge in [-0.1, -0.05) is 34.1 Å². The van der Waals surface area contributed by atoms with E-state index in [1.165, 1.54) is 0 Å². The van der Waals surface area contributed by atoms with Crippen LogP contribution in [0.3, 0.4) is 0 Å². The van der Waals surface area contributed by atoms with Gasteiger partial charge < -0.3 is 4.74 Å². The Bertz CT molecular complexity index is 675. The molecule has 0 aliphatic heterocycles. The third kappa shape index (κ3) is 2.63. The molecular formula is C17H17BrO2. The van der Waals surface area contributed by atoms with Crippen LogP contribution in [0.1, 0.15) is 32.6 Å². The summed E-state index contributed by atoms with van der Waals surface area (Å²) in [5.41, 5.74) is 4.30. The molecule has 2 aromatic carbocycles. The minimum absolute atomic E-state index is 0.00171. The molecule has 0 saturated carbocycles. The van der Waals surface area contributed by atoms with Gasteiger partial charge in [-0.25, -0.2) is 0 Å². The van der Waals surface area contributed by atoms with Gasteiger partial charge in [-0.3, -0.25) is 4.79 Å². The molecule has 0 radical (unpaired) electrons. The Morgan fingerprint density at radius 1 is 1.15 bits per heavy atom. The molecule has 20 heavy (non-hydrogen) atoms. The van der Waals surface area contributed by atoms with E-state index in [1.54, 1.807) is 7.11 Å². The van der Waals surface area contributed by atoms with Crippen LogP contribution in [0.15, 0.2) is 34.8 Å². The second-order valence-corrected chi connectivity index (χ2v) is 5.75. The molecule has 0 atom stereocenters. The van der Waals surface area contributed by atoms with Crippen LogP contribution >= 0.6 is 15.9 Å². The van der Waals surface area contributed by atoms with Crippen molar-refractivity contribution in [1.29, 1.82) is 0 Å². The Labute approximate surface area is 127 Å². The number of carbonyl (C=O) groups excluding carboxylic acids is 1. The highest BCUT2D eigenvalue weighted by Gasteiger charge is 2.19. The first-order chi connectivity index (χ1) is 9.45. The molecule has 0 fully saturated rings. The van der Waals surface area contributed by atoms with E-state index in [4.69, 9.17) is 4.74 Å². The monoisotopic (exact) mass is 332 g/mol. The number of halogens is 1. The minimum Gasteiger partial charge on any atom is -0.496 e. The lowest BCUT2D eigenvalue weighted by molar-refractivity contribution is 0.103. The maximum Gasteiger partial charge on any atom is 0.197 e. The molecule has 3 heteroatoms. The van der Waals surface area contributed by atoms with Gasteiger partial charge in [0.05, 0.1) is 12.7 Å². The van der Waals surface area contributed by atoms with E-state index in [9.17, 15) is 4.79 Å². The van der Waals surface area contributed by atoms with Crippen LogP contribution in [0, 0.1) is 20.8 Å². The largest absolute Gasteiger partial charge is 0.496 e. The first kappa shape index (κ1) is 14.8. The van der Waals surface area contributed by atoms with Gasteiger partial charge in [0.25, 0.3) is 0 Å². The molecule has 0 aliphatic rings. The van der Waals surface area contributed by atoms with Gasteiger partial charge in [0.1, 0.15) is 5.75 Å². The predicted molar refractivity (Wildman–Crippen MR) is 84.8 cm³/mol. The van der Waals surface area contributed by atoms with Crippen molar-refractivity contribution in [2.45, 2.75) is 20.8 Å². The molecule has 0 saturated heterocycles. The predicted octanol–water partition coefficient (Wildman–Crippen LogP) is 4.61. The average Bonchev–Trinajstić information content (AvgIpc) is 2.40. The van der Waals surface area contributed by atoms with Gasteiger partial charge in [-0.15, -0.1) is 0 Å². The highest BCUT2D eigenvalue weighted by Crippen LogP contribution is 2.29. The van der Waals surface area contributed by atoms with Crippen molar-refractivity contribution in [3.63, 3.8) is 0 Å². The summed E-state index contributed by atoms with van der Waals surface area (Å²) in [4.78, 5) is 12.8. The third-order valence-corrected chi connectivity index (χ3v) is 4.26. The SMILES string of the molecule is COc1cc(C)cc(C)c1C(=O)c1cccc(Br)c1C. The van der Waals surface area contributed by atoms with E-state index in [-0.39, 0.29) is 5.78 Å². The van der Waals surface area contributed by atoms with E-state index in [0.717, 1.165) is 21.2 Å². The molecule has 0 amide bonds. The zero-order chi connectivity index (χ0) is 14.9. The molecule has 0 bridgehead atoms. The summed E-state index contributed by atoms with van der Waals surface area (Å²) in [6, 6.07) is 9.56. The second kappa shape index (κ2) is 5.80. The van der Waals surface area contributed by atoms with Crippen LogP contribution in [0.2, 0.25) is 0 Å². The van der Waals surface area contributed by atoms with Crippen molar-refractivity contribution in [2.24, 2.45) is 0 Å². The van der Waals surface area contributed by atoms with Gasteiger partial charge in [0, 0.05) is 10.0 Å². The summed E-state index contributed by atoms with van der Waals surface area (Å²) in [6.45, 7) is 5.87. The first-order valence-electron chi connectivity index (χ1n) is 6.40. The van der Waals surface area contributed by atoms with Gasteiger partial charge in [0.15, 0.2) is 5.78 Å². The molecule has 0 aromatic heterocycles. The quantitative estimate of drug-likeness (QED) is 0.767. The molecule has 0 heterocycles. The standard InChI is InChI=1S/C17H17BrO2/c1-10-8-11(2)16(15(9-10)20-4)17(19)13-6-5-7-14(18)12(13)3/h5-9H,1-4H3. The minimum atomic E-state index is -0.00171. The van der Waals surface area contributed by atoms with Gasteiger partial charge in [0.2, 0.25) is 0 Å². The zero-order valence-corrected chi connectivity index (χ0v) is 13.7. The fraction of sp³-hybridized carbons (Fsp3) is 0.235. The normalized spacial score (nSPS) is 10.4. The number of hydrogen-bond acceptors (Lipinski definition) is 2. The maximum absolute atomic E-state index is 12.8. The van der Waals surface area contributed by atoms with Crippen molar-refractivity contribution < 1.29 is 9.53 Å². The van der Waals surface area contributed by atoms with E-state index in [0.29, 0.717) is 16.9 Å². The molecule has 2 rings (SSSR count). The Balaban J connectivity index is 2.62. The van der Waals surface area contributed by atoms with E-state index in [2.05, 4.69) is 15.9 Å². The molecule has 0 spiro atoms. The van der Waals surface area contributed by atoms with Crippen molar-refractivity contribution in [1.82, 2.24) is 0 Å². The molecule has 0 N–H and O–H groups in total. The fourth-order valence-electron chi connectivity index (χ4n) is 2.37. The summed E-state index contributed by atoms with van der Waals surface area (Å²) in [7, 11) is 1.60. The van der Waals surface area contributed by atoms with Crippen LogP contribution in [0.4, 0.5) is 0 Å². The number of benzene rings is 2. The fourth-order valence-corrected chi connectivity index (χ4v) is 2.73. The van der Waals surface area contributed by atoms with Gasteiger partial charge in [-0.2, -0.15) is 0 Å². The molecular weight excluding hydrogens is 316 g/mol. The molecule has 2 aromatic rings. The Morgan fingerprint density at radius 3 is 2.50 bits per heavy atom. The zero-order valence-electron chi connectivity index (χ0n) is 12.1. The Morgan fingerprint density at radius 2 is 1.85 bits per heavy atom. The van der Waals surface area contributed by atoms with Crippen LogP contribution in [0.5, 0.6) is 5.75 Å². The number of aryl methyl sites for hydroxylation is 2. The summed E-state index contributed by atoms with van der Waals surface area (Å²) in [6.07, 6.45) is 0. The lowest BCUT2D eigenvalue weighted by Crippen LogP contribution is -2.08. The smallest absolute Gasteiger partial charge is 0.197 e. The van der Waals surface area contributed by atoms with Crippen LogP contribution in [-0.2, 0) is 0 Å².